The Bertz CT molecular complexity index is 441. The first-order valence-corrected chi connectivity index (χ1v) is 5.84. The maximum Gasteiger partial charge on any atom is 0.328 e. The second-order valence-electron chi connectivity index (χ2n) is 4.05. The van der Waals surface area contributed by atoms with E-state index in [0.29, 0.717) is 11.1 Å². The highest BCUT2D eigenvalue weighted by molar-refractivity contribution is 5.85. The third-order valence-corrected chi connectivity index (χ3v) is 2.59. The number of rotatable bonds is 6. The number of ether oxygens (including phenoxy) is 1. The summed E-state index contributed by atoms with van der Waals surface area (Å²) in [5, 5.41) is 8.47. The normalized spacial score (nSPS) is 12.8. The molecule has 1 aromatic carbocycles. The highest BCUT2D eigenvalue weighted by Crippen LogP contribution is 2.14. The molecule has 0 bridgehead atoms. The lowest BCUT2D eigenvalue weighted by molar-refractivity contribution is -0.131. The number of carboxylic acids is 1. The fraction of sp³-hybridized carbons (Fsp3) is 0.357. The van der Waals surface area contributed by atoms with Gasteiger partial charge in [0.1, 0.15) is 5.82 Å². The van der Waals surface area contributed by atoms with Crippen molar-refractivity contribution in [3.8, 4) is 0 Å². The Hall–Kier alpha value is -1.68. The molecule has 0 aliphatic heterocycles. The van der Waals surface area contributed by atoms with Crippen LogP contribution >= 0.6 is 0 Å². The average molecular weight is 252 g/mol. The van der Waals surface area contributed by atoms with Gasteiger partial charge in [-0.25, -0.2) is 9.18 Å². The molecule has 0 aromatic heterocycles. The Morgan fingerprint density at radius 2 is 2.28 bits per heavy atom. The molecule has 1 N–H and O–H groups in total. The van der Waals surface area contributed by atoms with Crippen LogP contribution in [0.4, 0.5) is 4.39 Å². The zero-order valence-electron chi connectivity index (χ0n) is 10.5. The molecule has 1 aromatic rings. The minimum atomic E-state index is -1.06. The minimum Gasteiger partial charge on any atom is -0.478 e. The summed E-state index contributed by atoms with van der Waals surface area (Å²) in [5.41, 5.74) is 0.991. The molecule has 0 aliphatic carbocycles. The number of hydrogen-bond acceptors (Lipinski definition) is 2. The molecular formula is C14H17FO3. The molecule has 0 saturated heterocycles. The van der Waals surface area contributed by atoms with Crippen LogP contribution in [-0.4, -0.2) is 17.2 Å². The first-order valence-electron chi connectivity index (χ1n) is 5.84. The fourth-order valence-corrected chi connectivity index (χ4v) is 1.30. The van der Waals surface area contributed by atoms with Crippen molar-refractivity contribution in [1.82, 2.24) is 0 Å². The van der Waals surface area contributed by atoms with Crippen LogP contribution in [0.3, 0.4) is 0 Å². The van der Waals surface area contributed by atoms with Crippen molar-refractivity contribution in [2.45, 2.75) is 33.0 Å². The molecule has 1 unspecified atom stereocenters. The summed E-state index contributed by atoms with van der Waals surface area (Å²) in [6.45, 7) is 4.16. The molecule has 0 aliphatic rings. The fourth-order valence-electron chi connectivity index (χ4n) is 1.30. The topological polar surface area (TPSA) is 46.5 Å². The first-order chi connectivity index (χ1) is 8.52. The standard InChI is InChI=1S/C14H17FO3/c1-3-10(2)18-9-12-6-4-11(8-13(12)15)5-7-14(16)17/h4-8,10H,3,9H2,1-2H3,(H,16,17)/b7-5+. The van der Waals surface area contributed by atoms with Crippen LogP contribution in [0.2, 0.25) is 0 Å². The Morgan fingerprint density at radius 3 is 2.83 bits per heavy atom. The molecule has 0 spiro atoms. The summed E-state index contributed by atoms with van der Waals surface area (Å²) in [7, 11) is 0. The van der Waals surface area contributed by atoms with Crippen LogP contribution in [0.1, 0.15) is 31.4 Å². The SMILES string of the molecule is CCC(C)OCc1ccc(/C=C/C(=O)O)cc1F. The second-order valence-corrected chi connectivity index (χ2v) is 4.05. The van der Waals surface area contributed by atoms with Crippen molar-refractivity contribution in [2.24, 2.45) is 0 Å². The molecule has 0 radical (unpaired) electrons. The van der Waals surface area contributed by atoms with Crippen LogP contribution in [0.15, 0.2) is 24.3 Å². The van der Waals surface area contributed by atoms with Crippen LogP contribution in [0.25, 0.3) is 6.08 Å². The quantitative estimate of drug-likeness (QED) is 0.790. The number of halogens is 1. The van der Waals surface area contributed by atoms with Gasteiger partial charge in [0.05, 0.1) is 12.7 Å². The van der Waals surface area contributed by atoms with Gasteiger partial charge in [0.2, 0.25) is 0 Å². The molecule has 3 nitrogen and oxygen atoms in total. The van der Waals surface area contributed by atoms with Crippen molar-refractivity contribution >= 4 is 12.0 Å². The van der Waals surface area contributed by atoms with Crippen molar-refractivity contribution in [1.29, 1.82) is 0 Å². The van der Waals surface area contributed by atoms with Crippen molar-refractivity contribution in [3.63, 3.8) is 0 Å². The lowest BCUT2D eigenvalue weighted by Crippen LogP contribution is -2.07. The number of aliphatic carboxylic acids is 1. The molecule has 0 amide bonds. The Labute approximate surface area is 106 Å². The monoisotopic (exact) mass is 252 g/mol. The summed E-state index contributed by atoms with van der Waals surface area (Å²) in [6, 6.07) is 4.58. The van der Waals surface area contributed by atoms with Gasteiger partial charge in [-0.1, -0.05) is 19.1 Å². The van der Waals surface area contributed by atoms with Gasteiger partial charge in [-0.2, -0.15) is 0 Å². The predicted octanol–water partition coefficient (Wildman–Crippen LogP) is 3.24. The maximum atomic E-state index is 13.7. The predicted molar refractivity (Wildman–Crippen MR) is 67.6 cm³/mol. The van der Waals surface area contributed by atoms with Gasteiger partial charge in [0.15, 0.2) is 0 Å². The summed E-state index contributed by atoms with van der Waals surface area (Å²) in [5.74, 6) is -1.44. The van der Waals surface area contributed by atoms with Crippen molar-refractivity contribution < 1.29 is 19.0 Å². The highest BCUT2D eigenvalue weighted by Gasteiger charge is 2.05. The third kappa shape index (κ3) is 4.67. The van der Waals surface area contributed by atoms with E-state index in [1.807, 2.05) is 13.8 Å². The third-order valence-electron chi connectivity index (χ3n) is 2.59. The maximum absolute atomic E-state index is 13.7. The van der Waals surface area contributed by atoms with E-state index in [1.54, 1.807) is 12.1 Å². The summed E-state index contributed by atoms with van der Waals surface area (Å²) < 4.78 is 19.1. The van der Waals surface area contributed by atoms with Crippen molar-refractivity contribution in [3.05, 3.63) is 41.2 Å². The van der Waals surface area contributed by atoms with E-state index in [1.165, 1.54) is 12.1 Å². The van der Waals surface area contributed by atoms with E-state index in [4.69, 9.17) is 9.84 Å². The lowest BCUT2D eigenvalue weighted by atomic mass is 10.1. The highest BCUT2D eigenvalue weighted by atomic mass is 19.1. The number of carboxylic acid groups (broad SMARTS) is 1. The minimum absolute atomic E-state index is 0.0935. The van der Waals surface area contributed by atoms with Gasteiger partial charge >= 0.3 is 5.97 Å². The zero-order valence-corrected chi connectivity index (χ0v) is 10.5. The summed E-state index contributed by atoms with van der Waals surface area (Å²) in [4.78, 5) is 10.3. The molecule has 4 heteroatoms. The Balaban J connectivity index is 2.70. The van der Waals surface area contributed by atoms with E-state index in [0.717, 1.165) is 12.5 Å². The summed E-state index contributed by atoms with van der Waals surface area (Å²) >= 11 is 0. The number of hydrogen-bond donors (Lipinski definition) is 1. The Kier molecular flexibility index (Phi) is 5.52. The van der Waals surface area contributed by atoms with Gasteiger partial charge in [-0.05, 0) is 31.1 Å². The van der Waals surface area contributed by atoms with Gasteiger partial charge in [0.25, 0.3) is 0 Å². The van der Waals surface area contributed by atoms with Gasteiger partial charge < -0.3 is 9.84 Å². The molecule has 1 atom stereocenters. The van der Waals surface area contributed by atoms with Crippen LogP contribution in [0.5, 0.6) is 0 Å². The first kappa shape index (κ1) is 14.4. The van der Waals surface area contributed by atoms with Crippen LogP contribution < -0.4 is 0 Å². The van der Waals surface area contributed by atoms with E-state index in [9.17, 15) is 9.18 Å². The van der Waals surface area contributed by atoms with E-state index < -0.39 is 5.97 Å². The van der Waals surface area contributed by atoms with Gasteiger partial charge in [0, 0.05) is 11.6 Å². The molecule has 0 fully saturated rings. The summed E-state index contributed by atoms with van der Waals surface area (Å²) in [6.07, 6.45) is 3.30. The molecule has 0 heterocycles. The molecule has 98 valence electrons. The number of carbonyl (C=O) groups is 1. The largest absolute Gasteiger partial charge is 0.478 e. The second kappa shape index (κ2) is 6.91. The molecular weight excluding hydrogens is 235 g/mol. The van der Waals surface area contributed by atoms with E-state index in [-0.39, 0.29) is 18.5 Å². The zero-order chi connectivity index (χ0) is 13.5. The van der Waals surface area contributed by atoms with Crippen LogP contribution in [0, 0.1) is 5.82 Å². The lowest BCUT2D eigenvalue weighted by Gasteiger charge is -2.11. The van der Waals surface area contributed by atoms with Crippen molar-refractivity contribution in [2.75, 3.05) is 0 Å². The molecule has 18 heavy (non-hydrogen) atoms. The van der Waals surface area contributed by atoms with Crippen LogP contribution in [-0.2, 0) is 16.1 Å². The molecule has 0 saturated carbocycles. The van der Waals surface area contributed by atoms with E-state index in [2.05, 4.69) is 0 Å². The Morgan fingerprint density at radius 1 is 1.56 bits per heavy atom. The van der Waals surface area contributed by atoms with Gasteiger partial charge in [-0.15, -0.1) is 0 Å². The average Bonchev–Trinajstić information content (AvgIpc) is 2.34. The smallest absolute Gasteiger partial charge is 0.328 e. The molecule has 1 rings (SSSR count). The van der Waals surface area contributed by atoms with Gasteiger partial charge in [-0.3, -0.25) is 0 Å². The van der Waals surface area contributed by atoms with E-state index >= 15 is 0 Å². The number of benzene rings is 1.